The Morgan fingerprint density at radius 3 is 2.51 bits per heavy atom. The van der Waals surface area contributed by atoms with Crippen molar-refractivity contribution in [3.63, 3.8) is 0 Å². The first-order chi connectivity index (χ1) is 20.6. The SMILES string of the molecule is CC.CCC/C=C(/N=C(\C1=C(C)CNCC1)N1CC2CCC(C1)N2C(=O)OC(C)(C)C)OCC12CCCN1C(CF)CC2. The van der Waals surface area contributed by atoms with Gasteiger partial charge in [-0.2, -0.15) is 4.99 Å². The maximum absolute atomic E-state index is 13.8. The van der Waals surface area contributed by atoms with Crippen LogP contribution in [0.2, 0.25) is 0 Å². The van der Waals surface area contributed by atoms with Crippen LogP contribution >= 0.6 is 0 Å². The topological polar surface area (TPSA) is 69.6 Å². The Kier molecular flexibility index (Phi) is 11.6. The number of carbonyl (C=O) groups is 1. The number of piperazine rings is 1. The molecule has 5 aliphatic heterocycles. The van der Waals surface area contributed by atoms with Gasteiger partial charge in [-0.1, -0.05) is 32.8 Å². The van der Waals surface area contributed by atoms with Gasteiger partial charge in [0.15, 0.2) is 0 Å². The Morgan fingerprint density at radius 2 is 1.88 bits per heavy atom. The zero-order valence-electron chi connectivity index (χ0n) is 28.0. The minimum absolute atomic E-state index is 0.0301. The van der Waals surface area contributed by atoms with E-state index in [0.29, 0.717) is 12.5 Å². The van der Waals surface area contributed by atoms with E-state index in [9.17, 15) is 9.18 Å². The maximum atomic E-state index is 13.8. The van der Waals surface area contributed by atoms with Gasteiger partial charge in [-0.25, -0.2) is 9.18 Å². The van der Waals surface area contributed by atoms with E-state index in [1.54, 1.807) is 0 Å². The number of unbranched alkanes of at least 4 members (excludes halogenated alkanes) is 1. The van der Waals surface area contributed by atoms with Crippen LogP contribution in [-0.4, -0.2) is 102 Å². The number of nitrogens with one attached hydrogen (secondary N) is 1. The molecule has 43 heavy (non-hydrogen) atoms. The van der Waals surface area contributed by atoms with Gasteiger partial charge in [-0.3, -0.25) is 9.80 Å². The molecular formula is C34H58FN5O3. The Balaban J connectivity index is 0.00000207. The molecule has 0 aliphatic carbocycles. The highest BCUT2D eigenvalue weighted by Gasteiger charge is 2.50. The van der Waals surface area contributed by atoms with Crippen molar-refractivity contribution in [1.29, 1.82) is 0 Å². The van der Waals surface area contributed by atoms with E-state index in [-0.39, 0.29) is 36.4 Å². The minimum Gasteiger partial charge on any atom is -0.476 e. The molecule has 4 unspecified atom stereocenters. The first-order valence-electron chi connectivity index (χ1n) is 17.0. The molecule has 4 fully saturated rings. The molecule has 0 aromatic heterocycles. The van der Waals surface area contributed by atoms with Crippen LogP contribution in [0.4, 0.5) is 9.18 Å². The number of amidine groups is 1. The van der Waals surface area contributed by atoms with E-state index < -0.39 is 5.60 Å². The molecule has 4 saturated heterocycles. The van der Waals surface area contributed by atoms with Crippen molar-refractivity contribution >= 4 is 11.9 Å². The lowest BCUT2D eigenvalue weighted by molar-refractivity contribution is 0.00272. The summed E-state index contributed by atoms with van der Waals surface area (Å²) in [5.41, 5.74) is 2.03. The van der Waals surface area contributed by atoms with Crippen molar-refractivity contribution in [2.45, 2.75) is 136 Å². The third-order valence-corrected chi connectivity index (χ3v) is 9.64. The third-order valence-electron chi connectivity index (χ3n) is 9.64. The van der Waals surface area contributed by atoms with E-state index in [1.165, 1.54) is 11.1 Å². The molecule has 0 radical (unpaired) electrons. The lowest BCUT2D eigenvalue weighted by atomic mass is 9.95. The molecule has 4 atom stereocenters. The third kappa shape index (κ3) is 7.75. The molecule has 0 spiro atoms. The number of fused-ring (bicyclic) bond motifs is 3. The highest BCUT2D eigenvalue weighted by molar-refractivity contribution is 6.00. The van der Waals surface area contributed by atoms with Crippen LogP contribution in [0.25, 0.3) is 0 Å². The first-order valence-corrected chi connectivity index (χ1v) is 17.0. The molecule has 0 saturated carbocycles. The van der Waals surface area contributed by atoms with Crippen molar-refractivity contribution in [2.24, 2.45) is 4.99 Å². The Hall–Kier alpha value is -2.13. The Labute approximate surface area is 260 Å². The van der Waals surface area contributed by atoms with Gasteiger partial charge in [0.05, 0.1) is 17.6 Å². The van der Waals surface area contributed by atoms with Gasteiger partial charge in [0.2, 0.25) is 5.88 Å². The molecule has 2 bridgehead atoms. The van der Waals surface area contributed by atoms with Gasteiger partial charge in [0.1, 0.15) is 24.7 Å². The fourth-order valence-electron chi connectivity index (χ4n) is 7.62. The average Bonchev–Trinajstić information content (AvgIpc) is 3.63. The highest BCUT2D eigenvalue weighted by atomic mass is 19.1. The zero-order chi connectivity index (χ0) is 31.2. The summed E-state index contributed by atoms with van der Waals surface area (Å²) in [6.07, 6.45) is 10.8. The van der Waals surface area contributed by atoms with Gasteiger partial charge < -0.3 is 19.7 Å². The molecule has 8 nitrogen and oxygen atoms in total. The van der Waals surface area contributed by atoms with Crippen LogP contribution in [0.1, 0.15) is 106 Å². The summed E-state index contributed by atoms with van der Waals surface area (Å²) in [5, 5.41) is 3.50. The fourth-order valence-corrected chi connectivity index (χ4v) is 7.62. The normalized spacial score (nSPS) is 29.9. The second kappa shape index (κ2) is 14.8. The van der Waals surface area contributed by atoms with E-state index in [0.717, 1.165) is 96.3 Å². The van der Waals surface area contributed by atoms with Gasteiger partial charge in [0.25, 0.3) is 0 Å². The van der Waals surface area contributed by atoms with Gasteiger partial charge in [-0.15, -0.1) is 0 Å². The number of allylic oxidation sites excluding steroid dienone is 1. The van der Waals surface area contributed by atoms with Crippen molar-refractivity contribution in [3.05, 3.63) is 23.1 Å². The summed E-state index contributed by atoms with van der Waals surface area (Å²) in [5.74, 6) is 1.69. The smallest absolute Gasteiger partial charge is 0.410 e. The number of likely N-dealkylation sites (tertiary alicyclic amines) is 1. The monoisotopic (exact) mass is 603 g/mol. The number of nitrogens with zero attached hydrogens (tertiary/aromatic N) is 4. The molecule has 1 amide bonds. The van der Waals surface area contributed by atoms with Gasteiger partial charge in [0, 0.05) is 25.7 Å². The lowest BCUT2D eigenvalue weighted by Crippen LogP contribution is -2.58. The number of hydrogen-bond acceptors (Lipinski definition) is 6. The second-order valence-electron chi connectivity index (χ2n) is 13.8. The number of hydrogen-bond donors (Lipinski definition) is 1. The van der Waals surface area contributed by atoms with Crippen LogP contribution in [0.15, 0.2) is 28.1 Å². The number of alkyl halides is 1. The summed E-state index contributed by atoms with van der Waals surface area (Å²) < 4.78 is 26.2. The summed E-state index contributed by atoms with van der Waals surface area (Å²) in [7, 11) is 0. The van der Waals surface area contributed by atoms with E-state index in [2.05, 4.69) is 35.0 Å². The molecule has 9 heteroatoms. The molecule has 1 N–H and O–H groups in total. The first kappa shape index (κ1) is 33.8. The van der Waals surface area contributed by atoms with Gasteiger partial charge in [-0.05, 0) is 104 Å². The van der Waals surface area contributed by atoms with E-state index in [1.807, 2.05) is 39.5 Å². The average molecular weight is 604 g/mol. The molecule has 244 valence electrons. The zero-order valence-corrected chi connectivity index (χ0v) is 28.0. The summed E-state index contributed by atoms with van der Waals surface area (Å²) >= 11 is 0. The fraction of sp³-hybridized carbons (Fsp3) is 0.824. The molecule has 5 rings (SSSR count). The van der Waals surface area contributed by atoms with Crippen LogP contribution in [-0.2, 0) is 9.47 Å². The number of carbonyl (C=O) groups excluding carboxylic acids is 1. The molecular weight excluding hydrogens is 545 g/mol. The molecule has 0 aromatic rings. The summed E-state index contributed by atoms with van der Waals surface area (Å²) in [6, 6.07) is 0.257. The molecule has 5 aliphatic rings. The van der Waals surface area contributed by atoms with Crippen molar-refractivity contribution in [1.82, 2.24) is 20.0 Å². The van der Waals surface area contributed by atoms with Gasteiger partial charge >= 0.3 is 6.09 Å². The number of ether oxygens (including phenoxy) is 2. The van der Waals surface area contributed by atoms with Crippen LogP contribution in [0.5, 0.6) is 0 Å². The predicted octanol–water partition coefficient (Wildman–Crippen LogP) is 6.43. The van der Waals surface area contributed by atoms with Crippen molar-refractivity contribution in [3.8, 4) is 0 Å². The highest BCUT2D eigenvalue weighted by Crippen LogP contribution is 2.43. The number of amides is 1. The quantitative estimate of drug-likeness (QED) is 0.196. The summed E-state index contributed by atoms with van der Waals surface area (Å²) in [4.78, 5) is 25.2. The number of rotatable bonds is 8. The second-order valence-corrected chi connectivity index (χ2v) is 13.8. The Bertz CT molecular complexity index is 1040. The molecule has 5 heterocycles. The summed E-state index contributed by atoms with van der Waals surface area (Å²) in [6.45, 7) is 18.7. The number of halogens is 1. The van der Waals surface area contributed by atoms with Crippen LogP contribution in [0, 0.1) is 0 Å². The standard InChI is InChI=1S/C32H52FN5O3.C2H6/c1-6-7-9-28(40-22-32-14-8-17-37(32)24(18-33)12-15-32)35-29(27-13-16-34-19-23(27)2)36-20-25-10-11-26(21-36)38(25)30(39)41-31(3,4)5;1-2/h9,24-26,34H,6-8,10-22H2,1-5H3;1-2H3/b28-9-,35-29+;. The van der Waals surface area contributed by atoms with Crippen LogP contribution in [0.3, 0.4) is 0 Å². The lowest BCUT2D eigenvalue weighted by Gasteiger charge is -2.43. The van der Waals surface area contributed by atoms with Crippen molar-refractivity contribution < 1.29 is 18.7 Å². The number of aliphatic imine (C=N–C) groups is 1. The van der Waals surface area contributed by atoms with Crippen LogP contribution < -0.4 is 5.32 Å². The minimum atomic E-state index is -0.508. The molecule has 0 aromatic carbocycles. The van der Waals surface area contributed by atoms with E-state index in [4.69, 9.17) is 14.5 Å². The van der Waals surface area contributed by atoms with Crippen molar-refractivity contribution in [2.75, 3.05) is 46.0 Å². The predicted molar refractivity (Wildman–Crippen MR) is 172 cm³/mol. The largest absolute Gasteiger partial charge is 0.476 e. The van der Waals surface area contributed by atoms with E-state index >= 15 is 0 Å². The Morgan fingerprint density at radius 1 is 1.16 bits per heavy atom. The maximum Gasteiger partial charge on any atom is 0.410 e.